The average molecular weight is 396 g/mol. The minimum absolute atomic E-state index is 0.0178. The number of Topliss-reactive ketones (excluding diaryl/α,β-unsaturated/α-hetero) is 1. The van der Waals surface area contributed by atoms with E-state index >= 15 is 0 Å². The Kier molecular flexibility index (Phi) is 5.48. The number of hydrogen-bond acceptors (Lipinski definition) is 5. The zero-order valence-electron chi connectivity index (χ0n) is 16.4. The molecule has 0 radical (unpaired) electrons. The fourth-order valence-electron chi connectivity index (χ4n) is 3.22. The number of rotatable bonds is 6. The van der Waals surface area contributed by atoms with Gasteiger partial charge in [-0.15, -0.1) is 0 Å². The monoisotopic (exact) mass is 396 g/mol. The van der Waals surface area contributed by atoms with E-state index in [4.69, 9.17) is 0 Å². The molecular weight excluding hydrogens is 376 g/mol. The number of ketones is 1. The van der Waals surface area contributed by atoms with Gasteiger partial charge in [-0.25, -0.2) is 4.98 Å². The van der Waals surface area contributed by atoms with Crippen molar-refractivity contribution in [3.8, 4) is 22.4 Å². The van der Waals surface area contributed by atoms with Gasteiger partial charge in [0.2, 0.25) is 5.95 Å². The van der Waals surface area contributed by atoms with Crippen molar-refractivity contribution in [2.24, 2.45) is 7.05 Å². The zero-order valence-corrected chi connectivity index (χ0v) is 16.4. The molecule has 2 aromatic carbocycles. The summed E-state index contributed by atoms with van der Waals surface area (Å²) >= 11 is 0. The largest absolute Gasteiger partial charge is 0.348 e. The van der Waals surface area contributed by atoms with E-state index in [2.05, 4.69) is 15.3 Å². The van der Waals surface area contributed by atoms with Crippen LogP contribution in [0.4, 0.5) is 5.95 Å². The Hall–Kier alpha value is -4.06. The molecule has 0 saturated carbocycles. The smallest absolute Gasteiger partial charge is 0.255 e. The lowest BCUT2D eigenvalue weighted by Gasteiger charge is -2.13. The summed E-state index contributed by atoms with van der Waals surface area (Å²) in [4.78, 5) is 33.9. The number of nitrogens with zero attached hydrogens (tertiary/aromatic N) is 3. The Bertz CT molecular complexity index is 1240. The van der Waals surface area contributed by atoms with Crippen molar-refractivity contribution >= 4 is 11.7 Å². The van der Waals surface area contributed by atoms with E-state index in [1.165, 1.54) is 10.6 Å². The minimum atomic E-state index is -0.212. The molecule has 2 aromatic heterocycles. The van der Waals surface area contributed by atoms with Crippen LogP contribution in [0, 0.1) is 0 Å². The molecule has 0 fully saturated rings. The molecule has 0 aliphatic rings. The van der Waals surface area contributed by atoms with Crippen LogP contribution in [0.2, 0.25) is 0 Å². The van der Waals surface area contributed by atoms with Crippen LogP contribution in [0.5, 0.6) is 0 Å². The number of aromatic nitrogens is 3. The number of nitrogens with one attached hydrogen (secondary N) is 1. The lowest BCUT2D eigenvalue weighted by atomic mass is 9.97. The van der Waals surface area contributed by atoms with Crippen LogP contribution >= 0.6 is 0 Å². The van der Waals surface area contributed by atoms with Crippen LogP contribution in [0.1, 0.15) is 10.4 Å². The highest BCUT2D eigenvalue weighted by molar-refractivity contribution is 6.04. The summed E-state index contributed by atoms with van der Waals surface area (Å²) in [5, 5.41) is 3.03. The number of carbonyl (C=O) groups excluding carboxylic acids is 1. The lowest BCUT2D eigenvalue weighted by molar-refractivity contribution is 0.101. The van der Waals surface area contributed by atoms with Gasteiger partial charge in [0.1, 0.15) is 0 Å². The number of benzene rings is 2. The summed E-state index contributed by atoms with van der Waals surface area (Å²) in [5.74, 6) is 0.248. The van der Waals surface area contributed by atoms with E-state index in [9.17, 15) is 9.59 Å². The van der Waals surface area contributed by atoms with Crippen molar-refractivity contribution in [2.45, 2.75) is 0 Å². The first kappa shape index (κ1) is 19.3. The summed E-state index contributed by atoms with van der Waals surface area (Å²) in [5.41, 5.74) is 3.57. The first-order valence-corrected chi connectivity index (χ1v) is 9.53. The Morgan fingerprint density at radius 1 is 0.933 bits per heavy atom. The number of pyridine rings is 1. The molecule has 4 aromatic rings. The summed E-state index contributed by atoms with van der Waals surface area (Å²) in [6, 6.07) is 22.3. The Balaban J connectivity index is 1.60. The molecule has 0 aliphatic carbocycles. The van der Waals surface area contributed by atoms with Crippen LogP contribution in [0.15, 0.2) is 90.0 Å². The summed E-state index contributed by atoms with van der Waals surface area (Å²) < 4.78 is 1.39. The maximum atomic E-state index is 13.0. The molecule has 0 bridgehead atoms. The van der Waals surface area contributed by atoms with Crippen LogP contribution in [0.25, 0.3) is 22.4 Å². The van der Waals surface area contributed by atoms with E-state index in [-0.39, 0.29) is 17.9 Å². The first-order chi connectivity index (χ1) is 14.6. The van der Waals surface area contributed by atoms with Gasteiger partial charge in [0.05, 0.1) is 12.2 Å². The predicted molar refractivity (Wildman–Crippen MR) is 117 cm³/mol. The van der Waals surface area contributed by atoms with Gasteiger partial charge in [-0.1, -0.05) is 54.6 Å². The van der Waals surface area contributed by atoms with Crippen molar-refractivity contribution < 1.29 is 4.79 Å². The molecule has 6 heteroatoms. The maximum absolute atomic E-state index is 13.0. The third-order valence-corrected chi connectivity index (χ3v) is 4.83. The molecule has 0 aliphatic heterocycles. The number of carbonyl (C=O) groups is 1. The number of anilines is 1. The molecule has 4 rings (SSSR count). The van der Waals surface area contributed by atoms with E-state index in [1.807, 2.05) is 54.6 Å². The van der Waals surface area contributed by atoms with Gasteiger partial charge in [0, 0.05) is 36.6 Å². The van der Waals surface area contributed by atoms with Gasteiger partial charge < -0.3 is 5.32 Å². The summed E-state index contributed by atoms with van der Waals surface area (Å²) in [7, 11) is 1.62. The fourth-order valence-corrected chi connectivity index (χ4v) is 3.22. The highest BCUT2D eigenvalue weighted by Gasteiger charge is 2.14. The molecule has 0 spiro atoms. The Morgan fingerprint density at radius 2 is 1.63 bits per heavy atom. The van der Waals surface area contributed by atoms with Crippen molar-refractivity contribution in [1.82, 2.24) is 14.5 Å². The average Bonchev–Trinajstić information content (AvgIpc) is 2.81. The van der Waals surface area contributed by atoms with Gasteiger partial charge in [0.15, 0.2) is 5.78 Å². The second-order valence-corrected chi connectivity index (χ2v) is 6.79. The van der Waals surface area contributed by atoms with Gasteiger partial charge in [-0.05, 0) is 23.3 Å². The third-order valence-electron chi connectivity index (χ3n) is 4.83. The lowest BCUT2D eigenvalue weighted by Crippen LogP contribution is -2.24. The second kappa shape index (κ2) is 8.53. The maximum Gasteiger partial charge on any atom is 0.255 e. The van der Waals surface area contributed by atoms with Gasteiger partial charge in [0.25, 0.3) is 5.56 Å². The quantitative estimate of drug-likeness (QED) is 0.502. The van der Waals surface area contributed by atoms with Crippen molar-refractivity contribution in [1.29, 1.82) is 0 Å². The molecular formula is C24H20N4O2. The first-order valence-electron chi connectivity index (χ1n) is 9.53. The van der Waals surface area contributed by atoms with Crippen LogP contribution in [-0.4, -0.2) is 26.9 Å². The molecule has 1 N–H and O–H groups in total. The van der Waals surface area contributed by atoms with Crippen molar-refractivity contribution in [3.05, 3.63) is 101 Å². The molecule has 2 heterocycles. The Morgan fingerprint density at radius 3 is 2.40 bits per heavy atom. The van der Waals surface area contributed by atoms with Crippen LogP contribution in [0.3, 0.4) is 0 Å². The normalized spacial score (nSPS) is 10.6. The highest BCUT2D eigenvalue weighted by Crippen LogP contribution is 2.24. The van der Waals surface area contributed by atoms with Crippen LogP contribution < -0.4 is 10.9 Å². The highest BCUT2D eigenvalue weighted by atomic mass is 16.1. The topological polar surface area (TPSA) is 76.9 Å². The van der Waals surface area contributed by atoms with Gasteiger partial charge >= 0.3 is 0 Å². The zero-order chi connectivity index (χ0) is 20.9. The van der Waals surface area contributed by atoms with Crippen molar-refractivity contribution in [3.63, 3.8) is 0 Å². The Labute approximate surface area is 173 Å². The van der Waals surface area contributed by atoms with Crippen molar-refractivity contribution in [2.75, 3.05) is 11.9 Å². The van der Waals surface area contributed by atoms with E-state index in [0.717, 1.165) is 16.7 Å². The summed E-state index contributed by atoms with van der Waals surface area (Å²) in [6.45, 7) is 0.0178. The molecule has 6 nitrogen and oxygen atoms in total. The molecule has 30 heavy (non-hydrogen) atoms. The standard InChI is InChI=1S/C24H20N4O2/c1-28-23(30)15-21(18-11-13-25-14-12-18)27-24(28)26-16-22(29)20-10-6-5-9-19(20)17-7-3-2-4-8-17/h2-15H,16H2,1H3,(H,26,27). The molecule has 148 valence electrons. The summed E-state index contributed by atoms with van der Waals surface area (Å²) in [6.07, 6.45) is 3.29. The van der Waals surface area contributed by atoms with Crippen LogP contribution in [-0.2, 0) is 7.05 Å². The van der Waals surface area contributed by atoms with E-state index < -0.39 is 0 Å². The molecule has 0 amide bonds. The molecule has 0 saturated heterocycles. The molecule has 0 atom stereocenters. The predicted octanol–water partition coefficient (Wildman–Crippen LogP) is 3.80. The third kappa shape index (κ3) is 4.03. The number of hydrogen-bond donors (Lipinski definition) is 1. The minimum Gasteiger partial charge on any atom is -0.348 e. The van der Waals surface area contributed by atoms with E-state index in [1.54, 1.807) is 31.6 Å². The van der Waals surface area contributed by atoms with Gasteiger partial charge in [-0.3, -0.25) is 19.1 Å². The van der Waals surface area contributed by atoms with Gasteiger partial charge in [-0.2, -0.15) is 0 Å². The van der Waals surface area contributed by atoms with E-state index in [0.29, 0.717) is 17.2 Å². The fraction of sp³-hybridized carbons (Fsp3) is 0.0833. The second-order valence-electron chi connectivity index (χ2n) is 6.79. The molecule has 0 unspecified atom stereocenters. The SMILES string of the molecule is Cn1c(NCC(=O)c2ccccc2-c2ccccc2)nc(-c2ccncc2)cc1=O.